The van der Waals surface area contributed by atoms with Gasteiger partial charge >= 0.3 is 5.69 Å². The second kappa shape index (κ2) is 6.49. The van der Waals surface area contributed by atoms with Gasteiger partial charge in [0.2, 0.25) is 0 Å². The normalized spacial score (nSPS) is 10.6. The number of H-pyrrole nitrogens is 1. The van der Waals surface area contributed by atoms with E-state index < -0.39 is 0 Å². The van der Waals surface area contributed by atoms with E-state index in [1.165, 1.54) is 11.8 Å². The highest BCUT2D eigenvalue weighted by Crippen LogP contribution is 2.24. The van der Waals surface area contributed by atoms with Gasteiger partial charge in [0, 0.05) is 12.3 Å². The molecule has 112 valence electrons. The number of hydrogen-bond donors (Lipinski definition) is 3. The molecule has 0 saturated carbocycles. The monoisotopic (exact) mass is 307 g/mol. The predicted molar refractivity (Wildman–Crippen MR) is 82.1 cm³/mol. The van der Waals surface area contributed by atoms with Gasteiger partial charge in [0.1, 0.15) is 11.6 Å². The minimum Gasteiger partial charge on any atom is -0.496 e. The Hall–Kier alpha value is -2.22. The van der Waals surface area contributed by atoms with E-state index in [9.17, 15) is 4.79 Å². The first-order valence-electron chi connectivity index (χ1n) is 6.36. The molecule has 2 aromatic rings. The zero-order valence-electron chi connectivity index (χ0n) is 11.8. The molecule has 0 unspecified atom stereocenters. The number of nitrogens with zero attached hydrogens (tertiary/aromatic N) is 2. The molecule has 0 atom stereocenters. The summed E-state index contributed by atoms with van der Waals surface area (Å²) in [5, 5.41) is 14.6. The van der Waals surface area contributed by atoms with Gasteiger partial charge in [0.25, 0.3) is 0 Å². The van der Waals surface area contributed by atoms with Crippen molar-refractivity contribution in [2.24, 2.45) is 5.73 Å². The third kappa shape index (κ3) is 3.27. The van der Waals surface area contributed by atoms with Crippen LogP contribution in [0.4, 0.5) is 0 Å². The number of thioether (sulfide) groups is 1. The van der Waals surface area contributed by atoms with E-state index in [-0.39, 0.29) is 11.5 Å². The van der Waals surface area contributed by atoms with Crippen molar-refractivity contribution in [2.75, 3.05) is 7.11 Å². The first kappa shape index (κ1) is 15.2. The summed E-state index contributed by atoms with van der Waals surface area (Å²) in [6.07, 6.45) is 0. The fourth-order valence-corrected chi connectivity index (χ4v) is 2.85. The van der Waals surface area contributed by atoms with Gasteiger partial charge in [-0.1, -0.05) is 17.8 Å². The van der Waals surface area contributed by atoms with E-state index >= 15 is 0 Å². The number of nitrogens with two attached hydrogens (primary N) is 1. The first-order valence-corrected chi connectivity index (χ1v) is 7.34. The minimum absolute atomic E-state index is 0.0380. The van der Waals surface area contributed by atoms with Crippen LogP contribution in [0.2, 0.25) is 0 Å². The standard InChI is InChI=1S/C13H17N5O2S/c1-3-18-12(19)16-17-13(18)21-7-8-4-5-10(20-2)9(6-8)11(14)15/h4-6H,3,7H2,1-2H3,(H3,14,15)(H,16,19). The Labute approximate surface area is 126 Å². The van der Waals surface area contributed by atoms with Crippen LogP contribution in [0.3, 0.4) is 0 Å². The Bertz CT molecular complexity index is 707. The summed E-state index contributed by atoms with van der Waals surface area (Å²) in [5.74, 6) is 1.15. The molecular formula is C13H17N5O2S. The van der Waals surface area contributed by atoms with Crippen LogP contribution in [0.1, 0.15) is 18.1 Å². The Kier molecular flexibility index (Phi) is 4.69. The lowest BCUT2D eigenvalue weighted by Gasteiger charge is -2.09. The SMILES string of the molecule is CCn1c(SCc2ccc(OC)c(C(=N)N)c2)n[nH]c1=O. The van der Waals surface area contributed by atoms with Gasteiger partial charge in [0.15, 0.2) is 5.16 Å². The molecule has 0 saturated heterocycles. The molecule has 4 N–H and O–H groups in total. The van der Waals surface area contributed by atoms with E-state index in [2.05, 4.69) is 10.2 Å². The summed E-state index contributed by atoms with van der Waals surface area (Å²) < 4.78 is 6.74. The quantitative estimate of drug-likeness (QED) is 0.421. The minimum atomic E-state index is -0.209. The Balaban J connectivity index is 2.18. The second-order valence-electron chi connectivity index (χ2n) is 4.29. The van der Waals surface area contributed by atoms with Crippen molar-refractivity contribution in [1.29, 1.82) is 5.41 Å². The van der Waals surface area contributed by atoms with Crippen LogP contribution in [-0.2, 0) is 12.3 Å². The van der Waals surface area contributed by atoms with Crippen molar-refractivity contribution in [2.45, 2.75) is 24.4 Å². The first-order chi connectivity index (χ1) is 10.1. The van der Waals surface area contributed by atoms with Gasteiger partial charge in [-0.15, -0.1) is 5.10 Å². The van der Waals surface area contributed by atoms with Crippen molar-refractivity contribution >= 4 is 17.6 Å². The summed E-state index contributed by atoms with van der Waals surface area (Å²) in [5.41, 5.74) is 6.88. The van der Waals surface area contributed by atoms with Crippen LogP contribution in [0, 0.1) is 5.41 Å². The number of methoxy groups -OCH3 is 1. The largest absolute Gasteiger partial charge is 0.496 e. The van der Waals surface area contributed by atoms with Crippen LogP contribution in [0.15, 0.2) is 28.2 Å². The smallest absolute Gasteiger partial charge is 0.343 e. The Morgan fingerprint density at radius 2 is 2.33 bits per heavy atom. The highest BCUT2D eigenvalue weighted by Gasteiger charge is 2.10. The maximum atomic E-state index is 11.5. The van der Waals surface area contributed by atoms with Gasteiger partial charge in [-0.05, 0) is 24.6 Å². The van der Waals surface area contributed by atoms with Crippen molar-refractivity contribution in [1.82, 2.24) is 14.8 Å². The lowest BCUT2D eigenvalue weighted by Crippen LogP contribution is -2.16. The van der Waals surface area contributed by atoms with E-state index in [1.807, 2.05) is 19.1 Å². The van der Waals surface area contributed by atoms with Gasteiger partial charge in [-0.25, -0.2) is 9.89 Å². The number of amidine groups is 1. The third-order valence-corrected chi connectivity index (χ3v) is 4.01. The highest BCUT2D eigenvalue weighted by molar-refractivity contribution is 7.98. The van der Waals surface area contributed by atoms with E-state index in [0.717, 1.165) is 5.56 Å². The summed E-state index contributed by atoms with van der Waals surface area (Å²) >= 11 is 1.45. The summed E-state index contributed by atoms with van der Waals surface area (Å²) in [6, 6.07) is 5.50. The number of ether oxygens (including phenoxy) is 1. The topological polar surface area (TPSA) is 110 Å². The number of aromatic nitrogens is 3. The molecule has 0 aliphatic heterocycles. The molecule has 1 aromatic carbocycles. The van der Waals surface area contributed by atoms with Gasteiger partial charge < -0.3 is 10.5 Å². The lowest BCUT2D eigenvalue weighted by molar-refractivity contribution is 0.413. The lowest BCUT2D eigenvalue weighted by atomic mass is 10.1. The average molecular weight is 307 g/mol. The maximum Gasteiger partial charge on any atom is 0.343 e. The molecular weight excluding hydrogens is 290 g/mol. The molecule has 7 nitrogen and oxygen atoms in total. The van der Waals surface area contributed by atoms with Crippen LogP contribution in [0.25, 0.3) is 0 Å². The number of benzene rings is 1. The number of nitrogens with one attached hydrogen (secondary N) is 2. The van der Waals surface area contributed by atoms with Gasteiger partial charge in [-0.2, -0.15) is 0 Å². The molecule has 0 bridgehead atoms. The summed E-state index contributed by atoms with van der Waals surface area (Å²) in [6.45, 7) is 2.46. The van der Waals surface area contributed by atoms with Crippen molar-refractivity contribution < 1.29 is 4.74 Å². The predicted octanol–water partition coefficient (Wildman–Crippen LogP) is 1.18. The second-order valence-corrected chi connectivity index (χ2v) is 5.24. The zero-order chi connectivity index (χ0) is 15.4. The molecule has 21 heavy (non-hydrogen) atoms. The van der Waals surface area contributed by atoms with E-state index in [0.29, 0.717) is 28.8 Å². The zero-order valence-corrected chi connectivity index (χ0v) is 12.7. The summed E-state index contributed by atoms with van der Waals surface area (Å²) in [7, 11) is 1.54. The molecule has 1 heterocycles. The van der Waals surface area contributed by atoms with E-state index in [4.69, 9.17) is 15.9 Å². The van der Waals surface area contributed by atoms with Crippen LogP contribution < -0.4 is 16.2 Å². The van der Waals surface area contributed by atoms with Gasteiger partial charge in [-0.3, -0.25) is 9.98 Å². The number of hydrogen-bond acceptors (Lipinski definition) is 5. The molecule has 2 rings (SSSR count). The Morgan fingerprint density at radius 3 is 2.95 bits per heavy atom. The van der Waals surface area contributed by atoms with Crippen LogP contribution in [0.5, 0.6) is 5.75 Å². The molecule has 1 aromatic heterocycles. The average Bonchev–Trinajstić information content (AvgIpc) is 2.84. The number of aromatic amines is 1. The molecule has 0 amide bonds. The molecule has 0 aliphatic rings. The molecule has 8 heteroatoms. The molecule has 0 fully saturated rings. The molecule has 0 aliphatic carbocycles. The van der Waals surface area contributed by atoms with Crippen molar-refractivity contribution in [3.05, 3.63) is 39.8 Å². The molecule has 0 spiro atoms. The van der Waals surface area contributed by atoms with Crippen molar-refractivity contribution in [3.8, 4) is 5.75 Å². The fourth-order valence-electron chi connectivity index (χ4n) is 1.90. The Morgan fingerprint density at radius 1 is 1.57 bits per heavy atom. The van der Waals surface area contributed by atoms with E-state index in [1.54, 1.807) is 17.7 Å². The number of rotatable bonds is 6. The van der Waals surface area contributed by atoms with Gasteiger partial charge in [0.05, 0.1) is 12.7 Å². The number of nitrogen functional groups attached to an aromatic ring is 1. The molecule has 0 radical (unpaired) electrons. The maximum absolute atomic E-state index is 11.5. The van der Waals surface area contributed by atoms with Crippen LogP contribution in [-0.4, -0.2) is 27.7 Å². The van der Waals surface area contributed by atoms with Crippen molar-refractivity contribution in [3.63, 3.8) is 0 Å². The third-order valence-electron chi connectivity index (χ3n) is 2.96. The van der Waals surface area contributed by atoms with Crippen LogP contribution >= 0.6 is 11.8 Å². The summed E-state index contributed by atoms with van der Waals surface area (Å²) in [4.78, 5) is 11.5. The fraction of sp³-hybridized carbons (Fsp3) is 0.308. The highest BCUT2D eigenvalue weighted by atomic mass is 32.2.